The Hall–Kier alpha value is -2.64. The molecule has 0 radical (unpaired) electrons. The first-order valence-electron chi connectivity index (χ1n) is 7.51. The molecule has 8 heteroatoms. The Morgan fingerprint density at radius 3 is 2.78 bits per heavy atom. The fraction of sp³-hybridized carbons (Fsp3) is 0.467. The van der Waals surface area contributed by atoms with Crippen LogP contribution in [0.1, 0.15) is 22.5 Å². The number of carbonyl (C=O) groups is 1. The van der Waals surface area contributed by atoms with Gasteiger partial charge in [0.2, 0.25) is 5.91 Å². The Bertz CT molecular complexity index is 792. The van der Waals surface area contributed by atoms with Gasteiger partial charge in [-0.3, -0.25) is 14.7 Å². The standard InChI is InChI=1S/C15H20N6O2/c1-9-11(15(23)19-18-9)6-13(22)21-5-4-10-12(7-21)16-8-17-14(10)20(2)3/h8H,4-7H2,1-3H3,(H2,18,19,23). The molecule has 3 heterocycles. The van der Waals surface area contributed by atoms with Gasteiger partial charge in [0.05, 0.1) is 18.7 Å². The van der Waals surface area contributed by atoms with E-state index in [1.807, 2.05) is 19.0 Å². The van der Waals surface area contributed by atoms with Crippen LogP contribution < -0.4 is 10.5 Å². The van der Waals surface area contributed by atoms with Crippen LogP contribution in [0.4, 0.5) is 5.82 Å². The van der Waals surface area contributed by atoms with Crippen LogP contribution >= 0.6 is 0 Å². The molecule has 2 aromatic heterocycles. The first-order chi connectivity index (χ1) is 11.0. The number of amides is 1. The molecule has 2 aromatic rings. The number of aryl methyl sites for hydroxylation is 1. The monoisotopic (exact) mass is 316 g/mol. The summed E-state index contributed by atoms with van der Waals surface area (Å²) >= 11 is 0. The van der Waals surface area contributed by atoms with E-state index in [9.17, 15) is 9.59 Å². The van der Waals surface area contributed by atoms with Crippen LogP contribution in [-0.4, -0.2) is 51.6 Å². The van der Waals surface area contributed by atoms with Crippen molar-refractivity contribution in [2.45, 2.75) is 26.3 Å². The molecule has 23 heavy (non-hydrogen) atoms. The van der Waals surface area contributed by atoms with Crippen molar-refractivity contribution in [2.24, 2.45) is 0 Å². The Morgan fingerprint density at radius 2 is 2.13 bits per heavy atom. The highest BCUT2D eigenvalue weighted by atomic mass is 16.2. The second-order valence-electron chi connectivity index (χ2n) is 5.94. The zero-order valence-corrected chi connectivity index (χ0v) is 13.5. The number of nitrogens with one attached hydrogen (secondary N) is 2. The Morgan fingerprint density at radius 1 is 1.35 bits per heavy atom. The van der Waals surface area contributed by atoms with Crippen molar-refractivity contribution < 1.29 is 4.79 Å². The summed E-state index contributed by atoms with van der Waals surface area (Å²) in [5, 5.41) is 5.25. The van der Waals surface area contributed by atoms with E-state index in [-0.39, 0.29) is 17.9 Å². The number of rotatable bonds is 3. The molecule has 1 aliphatic rings. The zero-order valence-electron chi connectivity index (χ0n) is 13.5. The van der Waals surface area contributed by atoms with Crippen molar-refractivity contribution >= 4 is 11.7 Å². The van der Waals surface area contributed by atoms with Gasteiger partial charge in [0, 0.05) is 37.5 Å². The molecular weight excluding hydrogens is 296 g/mol. The van der Waals surface area contributed by atoms with Crippen molar-refractivity contribution in [3.05, 3.63) is 39.2 Å². The van der Waals surface area contributed by atoms with Gasteiger partial charge in [-0.1, -0.05) is 0 Å². The molecular formula is C15H20N6O2. The fourth-order valence-electron chi connectivity index (χ4n) is 2.88. The molecule has 0 aromatic carbocycles. The predicted molar refractivity (Wildman–Crippen MR) is 85.3 cm³/mol. The maximum atomic E-state index is 12.5. The molecule has 0 fully saturated rings. The van der Waals surface area contributed by atoms with E-state index < -0.39 is 0 Å². The molecule has 3 rings (SSSR count). The SMILES string of the molecule is Cc1[nH][nH]c(=O)c1CC(=O)N1CCc2c(ncnc2N(C)C)C1. The first-order valence-corrected chi connectivity index (χ1v) is 7.51. The summed E-state index contributed by atoms with van der Waals surface area (Å²) in [7, 11) is 3.89. The molecule has 0 saturated heterocycles. The largest absolute Gasteiger partial charge is 0.362 e. The molecule has 0 atom stereocenters. The van der Waals surface area contributed by atoms with E-state index >= 15 is 0 Å². The van der Waals surface area contributed by atoms with E-state index in [4.69, 9.17) is 0 Å². The lowest BCUT2D eigenvalue weighted by atomic mass is 10.0. The number of anilines is 1. The topological polar surface area (TPSA) is 98.0 Å². The van der Waals surface area contributed by atoms with Gasteiger partial charge in [-0.25, -0.2) is 9.97 Å². The van der Waals surface area contributed by atoms with Crippen LogP contribution in [0.15, 0.2) is 11.1 Å². The minimum Gasteiger partial charge on any atom is -0.362 e. The number of carbonyl (C=O) groups excluding carboxylic acids is 1. The number of hydrogen-bond donors (Lipinski definition) is 2. The van der Waals surface area contributed by atoms with Crippen molar-refractivity contribution in [3.63, 3.8) is 0 Å². The van der Waals surface area contributed by atoms with Gasteiger partial charge in [0.1, 0.15) is 12.1 Å². The van der Waals surface area contributed by atoms with Crippen LogP contribution in [0.3, 0.4) is 0 Å². The van der Waals surface area contributed by atoms with Gasteiger partial charge in [-0.05, 0) is 13.3 Å². The molecule has 8 nitrogen and oxygen atoms in total. The van der Waals surface area contributed by atoms with Gasteiger partial charge in [-0.2, -0.15) is 0 Å². The highest BCUT2D eigenvalue weighted by Gasteiger charge is 2.25. The summed E-state index contributed by atoms with van der Waals surface area (Å²) in [4.78, 5) is 36.5. The molecule has 0 spiro atoms. The lowest BCUT2D eigenvalue weighted by molar-refractivity contribution is -0.131. The number of hydrogen-bond acceptors (Lipinski definition) is 5. The third-order valence-corrected chi connectivity index (χ3v) is 4.18. The van der Waals surface area contributed by atoms with Crippen LogP contribution in [0.2, 0.25) is 0 Å². The summed E-state index contributed by atoms with van der Waals surface area (Å²) < 4.78 is 0. The summed E-state index contributed by atoms with van der Waals surface area (Å²) in [6, 6.07) is 0. The first kappa shape index (κ1) is 15.3. The molecule has 1 aliphatic heterocycles. The lowest BCUT2D eigenvalue weighted by Gasteiger charge is -2.30. The van der Waals surface area contributed by atoms with E-state index in [0.29, 0.717) is 24.3 Å². The molecule has 122 valence electrons. The van der Waals surface area contributed by atoms with E-state index in [0.717, 1.165) is 23.5 Å². The van der Waals surface area contributed by atoms with Gasteiger partial charge in [0.25, 0.3) is 5.56 Å². The quantitative estimate of drug-likeness (QED) is 0.830. The Kier molecular flexibility index (Phi) is 3.89. The number of nitrogens with zero attached hydrogens (tertiary/aromatic N) is 4. The van der Waals surface area contributed by atoms with Gasteiger partial charge < -0.3 is 14.9 Å². The maximum absolute atomic E-state index is 12.5. The fourth-order valence-corrected chi connectivity index (χ4v) is 2.88. The van der Waals surface area contributed by atoms with Crippen molar-refractivity contribution in [2.75, 3.05) is 25.5 Å². The predicted octanol–water partition coefficient (Wildman–Crippen LogP) is -0.00518. The normalized spacial score (nSPS) is 13.8. The van der Waals surface area contributed by atoms with Crippen LogP contribution in [0, 0.1) is 6.92 Å². The summed E-state index contributed by atoms with van der Waals surface area (Å²) in [5.41, 5.74) is 2.95. The average molecular weight is 316 g/mol. The zero-order chi connectivity index (χ0) is 16.6. The minimum absolute atomic E-state index is 0.0612. The average Bonchev–Trinajstić information content (AvgIpc) is 2.85. The second-order valence-corrected chi connectivity index (χ2v) is 5.94. The number of H-pyrrole nitrogens is 2. The highest BCUT2D eigenvalue weighted by Crippen LogP contribution is 2.24. The summed E-state index contributed by atoms with van der Waals surface area (Å²) in [6.07, 6.45) is 2.35. The molecule has 0 bridgehead atoms. The van der Waals surface area contributed by atoms with Crippen LogP contribution in [-0.2, 0) is 24.2 Å². The maximum Gasteiger partial charge on any atom is 0.267 e. The van der Waals surface area contributed by atoms with E-state index in [1.54, 1.807) is 11.8 Å². The van der Waals surface area contributed by atoms with Crippen LogP contribution in [0.25, 0.3) is 0 Å². The Labute approximate surface area is 133 Å². The minimum atomic E-state index is -0.231. The van der Waals surface area contributed by atoms with Crippen molar-refractivity contribution in [1.82, 2.24) is 25.1 Å². The van der Waals surface area contributed by atoms with Gasteiger partial charge in [0.15, 0.2) is 0 Å². The summed E-state index contributed by atoms with van der Waals surface area (Å²) in [5.74, 6) is 0.842. The number of aromatic amines is 2. The Balaban J connectivity index is 1.78. The smallest absolute Gasteiger partial charge is 0.267 e. The third kappa shape index (κ3) is 2.84. The lowest BCUT2D eigenvalue weighted by Crippen LogP contribution is -2.38. The van der Waals surface area contributed by atoms with Gasteiger partial charge in [-0.15, -0.1) is 0 Å². The van der Waals surface area contributed by atoms with Crippen LogP contribution in [0.5, 0.6) is 0 Å². The molecule has 0 saturated carbocycles. The van der Waals surface area contributed by atoms with Gasteiger partial charge >= 0.3 is 0 Å². The number of aromatic nitrogens is 4. The van der Waals surface area contributed by atoms with Crippen molar-refractivity contribution in [3.8, 4) is 0 Å². The second kappa shape index (κ2) is 5.86. The molecule has 2 N–H and O–H groups in total. The van der Waals surface area contributed by atoms with E-state index in [2.05, 4.69) is 20.2 Å². The summed E-state index contributed by atoms with van der Waals surface area (Å²) in [6.45, 7) is 2.85. The van der Waals surface area contributed by atoms with E-state index in [1.165, 1.54) is 6.33 Å². The van der Waals surface area contributed by atoms with Crippen molar-refractivity contribution in [1.29, 1.82) is 0 Å². The third-order valence-electron chi connectivity index (χ3n) is 4.18. The molecule has 1 amide bonds. The number of fused-ring (bicyclic) bond motifs is 1. The molecule has 0 unspecified atom stereocenters. The highest BCUT2D eigenvalue weighted by molar-refractivity contribution is 5.79. The molecule has 0 aliphatic carbocycles.